The number of carbonyl (C=O) groups excluding carboxylic acids is 1. The minimum Gasteiger partial charge on any atom is -0.473 e. The Labute approximate surface area is 144 Å². The van der Waals surface area contributed by atoms with Crippen molar-refractivity contribution in [1.82, 2.24) is 15.1 Å². The molecule has 0 unspecified atom stereocenters. The first-order valence-electron chi connectivity index (χ1n) is 9.29. The monoisotopic (exact) mass is 332 g/mol. The third kappa shape index (κ3) is 4.36. The van der Waals surface area contributed by atoms with Crippen LogP contribution in [0.25, 0.3) is 0 Å². The summed E-state index contributed by atoms with van der Waals surface area (Å²) in [7, 11) is 0. The number of ether oxygens (including phenoxy) is 1. The Hall–Kier alpha value is -1.85. The molecule has 1 aromatic heterocycles. The van der Waals surface area contributed by atoms with E-state index in [0.717, 1.165) is 51.3 Å². The third-order valence-corrected chi connectivity index (χ3v) is 4.89. The van der Waals surface area contributed by atoms with Gasteiger partial charge in [0, 0.05) is 38.7 Å². The Morgan fingerprint density at radius 3 is 2.50 bits per heavy atom. The number of amides is 1. The second-order valence-corrected chi connectivity index (χ2v) is 6.73. The quantitative estimate of drug-likeness (QED) is 0.829. The molecule has 0 radical (unpaired) electrons. The van der Waals surface area contributed by atoms with Crippen LogP contribution in [0.5, 0.6) is 5.88 Å². The summed E-state index contributed by atoms with van der Waals surface area (Å²) in [6.45, 7) is 5.20. The fourth-order valence-electron chi connectivity index (χ4n) is 3.46. The third-order valence-electron chi connectivity index (χ3n) is 4.89. The molecular formula is C18H28N4O2. The molecule has 1 aliphatic heterocycles. The van der Waals surface area contributed by atoms with Crippen LogP contribution in [0.15, 0.2) is 12.1 Å². The van der Waals surface area contributed by atoms with Gasteiger partial charge in [0.2, 0.25) is 11.8 Å². The van der Waals surface area contributed by atoms with Crippen molar-refractivity contribution >= 4 is 11.7 Å². The Morgan fingerprint density at radius 2 is 1.88 bits per heavy atom. The molecule has 132 valence electrons. The van der Waals surface area contributed by atoms with Gasteiger partial charge < -0.3 is 14.5 Å². The van der Waals surface area contributed by atoms with Crippen LogP contribution in [0.3, 0.4) is 0 Å². The van der Waals surface area contributed by atoms with Crippen molar-refractivity contribution < 1.29 is 9.53 Å². The van der Waals surface area contributed by atoms with E-state index >= 15 is 0 Å². The molecule has 0 bridgehead atoms. The molecule has 6 nitrogen and oxygen atoms in total. The van der Waals surface area contributed by atoms with Gasteiger partial charge in [-0.3, -0.25) is 4.79 Å². The van der Waals surface area contributed by atoms with E-state index in [-0.39, 0.29) is 5.91 Å². The highest BCUT2D eigenvalue weighted by atomic mass is 16.5. The van der Waals surface area contributed by atoms with Gasteiger partial charge >= 0.3 is 0 Å². The standard InChI is InChI=1S/C18H28N4O2/c1-2-6-18(23)22-13-11-21(12-14-22)16-9-10-17(20-19-16)24-15-7-4-3-5-8-15/h9-10,15H,2-8,11-14H2,1H3. The lowest BCUT2D eigenvalue weighted by Gasteiger charge is -2.35. The van der Waals surface area contributed by atoms with Crippen LogP contribution in [0, 0.1) is 0 Å². The van der Waals surface area contributed by atoms with Crippen LogP contribution in [-0.4, -0.2) is 53.3 Å². The normalized spacial score (nSPS) is 19.4. The molecule has 1 amide bonds. The van der Waals surface area contributed by atoms with Crippen LogP contribution < -0.4 is 9.64 Å². The maximum Gasteiger partial charge on any atom is 0.233 e. The van der Waals surface area contributed by atoms with Crippen molar-refractivity contribution in [2.45, 2.75) is 58.0 Å². The van der Waals surface area contributed by atoms with E-state index in [2.05, 4.69) is 15.1 Å². The highest BCUT2D eigenvalue weighted by Crippen LogP contribution is 2.23. The molecule has 3 rings (SSSR count). The van der Waals surface area contributed by atoms with Crippen LogP contribution >= 0.6 is 0 Å². The molecule has 2 fully saturated rings. The molecule has 0 atom stereocenters. The molecular weight excluding hydrogens is 304 g/mol. The smallest absolute Gasteiger partial charge is 0.233 e. The highest BCUT2D eigenvalue weighted by Gasteiger charge is 2.22. The van der Waals surface area contributed by atoms with Gasteiger partial charge in [0.1, 0.15) is 6.10 Å². The summed E-state index contributed by atoms with van der Waals surface area (Å²) in [4.78, 5) is 16.1. The fraction of sp³-hybridized carbons (Fsp3) is 0.722. The first kappa shape index (κ1) is 17.0. The Kier molecular flexibility index (Phi) is 5.88. The average molecular weight is 332 g/mol. The summed E-state index contributed by atoms with van der Waals surface area (Å²) in [6, 6.07) is 3.90. The van der Waals surface area contributed by atoms with Crippen LogP contribution in [-0.2, 0) is 4.79 Å². The number of aromatic nitrogens is 2. The maximum atomic E-state index is 11.9. The molecule has 6 heteroatoms. The average Bonchev–Trinajstić information content (AvgIpc) is 2.64. The first-order valence-corrected chi connectivity index (χ1v) is 9.29. The van der Waals surface area contributed by atoms with Gasteiger partial charge in [-0.2, -0.15) is 0 Å². The van der Waals surface area contributed by atoms with E-state index in [1.54, 1.807) is 0 Å². The largest absolute Gasteiger partial charge is 0.473 e. The van der Waals surface area contributed by atoms with Gasteiger partial charge in [-0.05, 0) is 38.2 Å². The van der Waals surface area contributed by atoms with E-state index < -0.39 is 0 Å². The number of nitrogens with zero attached hydrogens (tertiary/aromatic N) is 4. The number of anilines is 1. The molecule has 1 aliphatic carbocycles. The summed E-state index contributed by atoms with van der Waals surface area (Å²) in [5.74, 6) is 1.76. The van der Waals surface area contributed by atoms with Crippen molar-refractivity contribution in [2.75, 3.05) is 31.1 Å². The number of hydrogen-bond acceptors (Lipinski definition) is 5. The predicted molar refractivity (Wildman–Crippen MR) is 93.2 cm³/mol. The molecule has 1 saturated heterocycles. The zero-order valence-electron chi connectivity index (χ0n) is 14.6. The lowest BCUT2D eigenvalue weighted by atomic mass is 9.98. The van der Waals surface area contributed by atoms with Gasteiger partial charge in [-0.15, -0.1) is 10.2 Å². The molecule has 2 heterocycles. The van der Waals surface area contributed by atoms with Gasteiger partial charge in [-0.25, -0.2) is 0 Å². The van der Waals surface area contributed by atoms with Crippen molar-refractivity contribution in [3.63, 3.8) is 0 Å². The minimum absolute atomic E-state index is 0.263. The summed E-state index contributed by atoms with van der Waals surface area (Å²) >= 11 is 0. The van der Waals surface area contributed by atoms with E-state index in [1.165, 1.54) is 19.3 Å². The lowest BCUT2D eigenvalue weighted by molar-refractivity contribution is -0.131. The summed E-state index contributed by atoms with van der Waals surface area (Å²) in [6.07, 6.45) is 7.91. The lowest BCUT2D eigenvalue weighted by Crippen LogP contribution is -2.49. The number of carbonyl (C=O) groups is 1. The summed E-state index contributed by atoms with van der Waals surface area (Å²) in [5.41, 5.74) is 0. The predicted octanol–water partition coefficient (Wildman–Crippen LogP) is 2.64. The first-order chi connectivity index (χ1) is 11.8. The number of piperazine rings is 1. The summed E-state index contributed by atoms with van der Waals surface area (Å²) < 4.78 is 5.93. The van der Waals surface area contributed by atoms with E-state index in [0.29, 0.717) is 18.4 Å². The zero-order valence-corrected chi connectivity index (χ0v) is 14.6. The number of rotatable bonds is 5. The van der Waals surface area contributed by atoms with Gasteiger partial charge in [0.15, 0.2) is 5.82 Å². The molecule has 0 aromatic carbocycles. The molecule has 1 aromatic rings. The van der Waals surface area contributed by atoms with E-state index in [1.807, 2.05) is 24.0 Å². The van der Waals surface area contributed by atoms with Crippen LogP contribution in [0.1, 0.15) is 51.9 Å². The molecule has 2 aliphatic rings. The van der Waals surface area contributed by atoms with Gasteiger partial charge in [0.05, 0.1) is 0 Å². The van der Waals surface area contributed by atoms with Crippen molar-refractivity contribution in [2.24, 2.45) is 0 Å². The molecule has 24 heavy (non-hydrogen) atoms. The second kappa shape index (κ2) is 8.31. The van der Waals surface area contributed by atoms with Crippen LogP contribution in [0.4, 0.5) is 5.82 Å². The van der Waals surface area contributed by atoms with Crippen LogP contribution in [0.2, 0.25) is 0 Å². The number of hydrogen-bond donors (Lipinski definition) is 0. The van der Waals surface area contributed by atoms with Gasteiger partial charge in [0.25, 0.3) is 0 Å². The highest BCUT2D eigenvalue weighted by molar-refractivity contribution is 5.76. The SMILES string of the molecule is CCCC(=O)N1CCN(c2ccc(OC3CCCCC3)nn2)CC1. The topological polar surface area (TPSA) is 58.6 Å². The summed E-state index contributed by atoms with van der Waals surface area (Å²) in [5, 5.41) is 8.56. The molecule has 1 saturated carbocycles. The van der Waals surface area contributed by atoms with Crippen molar-refractivity contribution in [1.29, 1.82) is 0 Å². The Balaban J connectivity index is 1.50. The van der Waals surface area contributed by atoms with Crippen molar-refractivity contribution in [3.05, 3.63) is 12.1 Å². The minimum atomic E-state index is 0.263. The molecule has 0 N–H and O–H groups in total. The maximum absolute atomic E-state index is 11.9. The second-order valence-electron chi connectivity index (χ2n) is 6.73. The Morgan fingerprint density at radius 1 is 1.12 bits per heavy atom. The van der Waals surface area contributed by atoms with E-state index in [4.69, 9.17) is 4.74 Å². The Bertz CT molecular complexity index is 520. The zero-order chi connectivity index (χ0) is 16.8. The van der Waals surface area contributed by atoms with Gasteiger partial charge in [-0.1, -0.05) is 13.3 Å². The van der Waals surface area contributed by atoms with E-state index in [9.17, 15) is 4.79 Å². The fourth-order valence-corrected chi connectivity index (χ4v) is 3.46. The van der Waals surface area contributed by atoms with Crippen molar-refractivity contribution in [3.8, 4) is 5.88 Å². The molecule has 0 spiro atoms.